The Labute approximate surface area is 429 Å². The lowest BCUT2D eigenvalue weighted by Gasteiger charge is -2.33. The van der Waals surface area contributed by atoms with Crippen LogP contribution in [0.3, 0.4) is 0 Å². The number of carbonyl (C=O) groups excluding carboxylic acids is 5. The SMILES string of the molecule is CC(=O)C(CCC(=O)O)NC(=O)NC(CCCCNC(=O)C(Cc1ccc2ccccc2c1)NC(=O)C1CCC(CNC(=O)CN2CCN(CC(=O)O)CCN(CC(=O)O)CCN(CC(=O)O)CC2)CC1)C(=O)O. The Morgan fingerprint density at radius 2 is 1.09 bits per heavy atom. The van der Waals surface area contributed by atoms with Crippen LogP contribution in [0.25, 0.3) is 10.8 Å². The minimum atomic E-state index is -1.33. The summed E-state index contributed by atoms with van der Waals surface area (Å²) in [5.74, 6) is -7.40. The number of ketones is 1. The largest absolute Gasteiger partial charge is 0.481 e. The van der Waals surface area contributed by atoms with E-state index in [2.05, 4.69) is 26.6 Å². The number of fused-ring (bicyclic) bond motifs is 1. The molecule has 2 aromatic rings. The minimum absolute atomic E-state index is 0.0102. The van der Waals surface area contributed by atoms with Gasteiger partial charge in [0.15, 0.2) is 5.78 Å². The summed E-state index contributed by atoms with van der Waals surface area (Å²) in [4.78, 5) is 130. The summed E-state index contributed by atoms with van der Waals surface area (Å²) in [6.07, 6.45) is 2.54. The van der Waals surface area contributed by atoms with Crippen LogP contribution in [0.2, 0.25) is 0 Å². The van der Waals surface area contributed by atoms with Crippen LogP contribution in [0.5, 0.6) is 0 Å². The van der Waals surface area contributed by atoms with E-state index in [0.717, 1.165) is 16.3 Å². The first kappa shape index (κ1) is 59.8. The lowest BCUT2D eigenvalue weighted by molar-refractivity contribution is -0.140. The molecule has 3 atom stereocenters. The third kappa shape index (κ3) is 22.6. The first-order valence-corrected chi connectivity index (χ1v) is 25.1. The number of amides is 5. The second-order valence-corrected chi connectivity index (χ2v) is 19.1. The number of nitrogens with one attached hydrogen (secondary N) is 5. The molecule has 2 aliphatic rings. The number of carbonyl (C=O) groups is 10. The molecule has 0 aromatic heterocycles. The van der Waals surface area contributed by atoms with Gasteiger partial charge in [0.1, 0.15) is 12.1 Å². The van der Waals surface area contributed by atoms with Crippen molar-refractivity contribution in [2.75, 3.05) is 91.6 Å². The molecule has 0 bridgehead atoms. The number of hydrogen-bond acceptors (Lipinski definition) is 14. The van der Waals surface area contributed by atoms with E-state index in [0.29, 0.717) is 51.7 Å². The molecule has 2 fully saturated rings. The molecule has 1 heterocycles. The number of aliphatic carboxylic acids is 5. The van der Waals surface area contributed by atoms with Crippen LogP contribution in [-0.4, -0.2) is 214 Å². The lowest BCUT2D eigenvalue weighted by Crippen LogP contribution is -2.51. The lowest BCUT2D eigenvalue weighted by atomic mass is 9.81. The van der Waals surface area contributed by atoms with E-state index in [9.17, 15) is 68.4 Å². The van der Waals surface area contributed by atoms with Gasteiger partial charge in [0.2, 0.25) is 17.7 Å². The molecule has 74 heavy (non-hydrogen) atoms. The third-order valence-electron chi connectivity index (χ3n) is 13.3. The second-order valence-electron chi connectivity index (χ2n) is 19.1. The topological polar surface area (TPSA) is 345 Å². The molecule has 0 spiro atoms. The highest BCUT2D eigenvalue weighted by Gasteiger charge is 2.31. The molecule has 1 saturated carbocycles. The van der Waals surface area contributed by atoms with E-state index in [-0.39, 0.29) is 122 Å². The van der Waals surface area contributed by atoms with Crippen LogP contribution in [0.15, 0.2) is 42.5 Å². The Morgan fingerprint density at radius 3 is 1.61 bits per heavy atom. The quantitative estimate of drug-likeness (QED) is 0.0532. The van der Waals surface area contributed by atoms with Crippen LogP contribution in [0, 0.1) is 11.8 Å². The van der Waals surface area contributed by atoms with Crippen LogP contribution >= 0.6 is 0 Å². The predicted octanol–water partition coefficient (Wildman–Crippen LogP) is 0.126. The molecule has 0 radical (unpaired) electrons. The molecule has 5 amide bonds. The molecule has 2 aromatic carbocycles. The molecule has 24 heteroatoms. The van der Waals surface area contributed by atoms with E-state index in [4.69, 9.17) is 5.11 Å². The molecular formula is C50H73N9O15. The molecule has 408 valence electrons. The maximum atomic E-state index is 13.8. The van der Waals surface area contributed by atoms with Gasteiger partial charge >= 0.3 is 35.9 Å². The third-order valence-corrected chi connectivity index (χ3v) is 13.3. The number of unbranched alkanes of at least 4 members (excludes halogenated alkanes) is 1. The van der Waals surface area contributed by atoms with Crippen molar-refractivity contribution >= 4 is 70.2 Å². The van der Waals surface area contributed by atoms with Crippen LogP contribution in [-0.2, 0) is 49.6 Å². The van der Waals surface area contributed by atoms with E-state index in [1.165, 1.54) is 6.92 Å². The fourth-order valence-electron chi connectivity index (χ4n) is 9.10. The molecule has 1 aliphatic carbocycles. The van der Waals surface area contributed by atoms with Gasteiger partial charge in [-0.25, -0.2) is 9.59 Å². The summed E-state index contributed by atoms with van der Waals surface area (Å²) < 4.78 is 0. The molecule has 1 saturated heterocycles. The summed E-state index contributed by atoms with van der Waals surface area (Å²) in [6.45, 7) is 3.02. The number of hydrogen-bond donors (Lipinski definition) is 10. The van der Waals surface area contributed by atoms with Gasteiger partial charge < -0.3 is 52.1 Å². The smallest absolute Gasteiger partial charge is 0.326 e. The Morgan fingerprint density at radius 1 is 0.568 bits per heavy atom. The van der Waals surface area contributed by atoms with Crippen LogP contribution in [0.1, 0.15) is 70.3 Å². The maximum Gasteiger partial charge on any atom is 0.326 e. The van der Waals surface area contributed by atoms with E-state index >= 15 is 0 Å². The van der Waals surface area contributed by atoms with Crippen molar-refractivity contribution in [2.45, 2.75) is 89.3 Å². The maximum absolute atomic E-state index is 13.8. The van der Waals surface area contributed by atoms with Crippen molar-refractivity contribution in [1.29, 1.82) is 0 Å². The molecule has 3 unspecified atom stereocenters. The zero-order valence-electron chi connectivity index (χ0n) is 42.0. The standard InChI is InChI=1S/C50H73N9O15/c1-33(60)39(15-16-43(62)63)54-50(74)55-40(49(72)73)8-4-5-17-51-48(71)41(27-35-11-12-36-6-2-3-7-38(36)26-35)53-47(70)37-13-9-34(10-14-37)28-52-42(61)29-56-18-20-57(30-44(64)65)22-24-59(32-46(68)69)25-23-58(21-19-56)31-45(66)67/h2-3,6-7,11-12,26,34,37,39-41H,4-5,8-10,13-25,27-32H2,1H3,(H,51,71)(H,52,61)(H,53,70)(H,62,63)(H,64,65)(H,66,67)(H,68,69)(H,72,73)(H2,54,55,74). The summed E-state index contributed by atoms with van der Waals surface area (Å²) >= 11 is 0. The first-order valence-electron chi connectivity index (χ1n) is 25.1. The zero-order valence-corrected chi connectivity index (χ0v) is 42.0. The van der Waals surface area contributed by atoms with Gasteiger partial charge in [-0.15, -0.1) is 0 Å². The summed E-state index contributed by atoms with van der Waals surface area (Å²) in [6, 6.07) is 9.23. The summed E-state index contributed by atoms with van der Waals surface area (Å²) in [5, 5.41) is 62.6. The van der Waals surface area contributed by atoms with E-state index < -0.39 is 71.6 Å². The number of benzene rings is 2. The second kappa shape index (κ2) is 31.1. The highest BCUT2D eigenvalue weighted by atomic mass is 16.4. The van der Waals surface area contributed by atoms with Gasteiger partial charge in [-0.2, -0.15) is 0 Å². The van der Waals surface area contributed by atoms with Gasteiger partial charge in [0.25, 0.3) is 0 Å². The van der Waals surface area contributed by atoms with Gasteiger partial charge in [-0.05, 0) is 80.5 Å². The molecular weight excluding hydrogens is 967 g/mol. The van der Waals surface area contributed by atoms with Crippen LogP contribution < -0.4 is 26.6 Å². The van der Waals surface area contributed by atoms with Crippen molar-refractivity contribution < 1.29 is 73.5 Å². The van der Waals surface area contributed by atoms with Crippen molar-refractivity contribution in [3.05, 3.63) is 48.0 Å². The highest BCUT2D eigenvalue weighted by Crippen LogP contribution is 2.29. The van der Waals surface area contributed by atoms with Gasteiger partial charge in [-0.3, -0.25) is 58.0 Å². The molecule has 10 N–H and O–H groups in total. The highest BCUT2D eigenvalue weighted by molar-refractivity contribution is 5.90. The van der Waals surface area contributed by atoms with E-state index in [1.54, 1.807) is 14.7 Å². The number of Topliss-reactive ketones (excluding diaryl/α,β-unsaturated/α-hetero) is 1. The fourth-order valence-corrected chi connectivity index (χ4v) is 9.10. The Bertz CT molecular complexity index is 2230. The average molecular weight is 1040 g/mol. The number of carboxylic acid groups (broad SMARTS) is 5. The van der Waals surface area contributed by atoms with Crippen molar-refractivity contribution in [2.24, 2.45) is 11.8 Å². The monoisotopic (exact) mass is 1040 g/mol. The predicted molar refractivity (Wildman–Crippen MR) is 268 cm³/mol. The van der Waals surface area contributed by atoms with Gasteiger partial charge in [-0.1, -0.05) is 42.5 Å². The van der Waals surface area contributed by atoms with Crippen molar-refractivity contribution in [3.63, 3.8) is 0 Å². The normalized spacial score (nSPS) is 18.8. The summed E-state index contributed by atoms with van der Waals surface area (Å²) in [7, 11) is 0. The number of carboxylic acids is 5. The molecule has 4 rings (SSSR count). The van der Waals surface area contributed by atoms with Crippen LogP contribution in [0.4, 0.5) is 4.79 Å². The number of rotatable bonds is 27. The van der Waals surface area contributed by atoms with Crippen molar-refractivity contribution in [3.8, 4) is 0 Å². The van der Waals surface area contributed by atoms with Gasteiger partial charge in [0.05, 0.1) is 32.2 Å². The van der Waals surface area contributed by atoms with Gasteiger partial charge in [0, 0.05) is 84.2 Å². The minimum Gasteiger partial charge on any atom is -0.481 e. The Balaban J connectivity index is 1.30. The Hall–Kier alpha value is -6.76. The molecule has 1 aliphatic heterocycles. The average Bonchev–Trinajstić information content (AvgIpc) is 3.34. The van der Waals surface area contributed by atoms with Crippen molar-refractivity contribution in [1.82, 2.24) is 46.2 Å². The van der Waals surface area contributed by atoms with E-state index in [1.807, 2.05) is 47.4 Å². The molecule has 24 nitrogen and oxygen atoms in total. The zero-order chi connectivity index (χ0) is 54.2. The first-order chi connectivity index (χ1) is 35.2. The Kier molecular flexibility index (Phi) is 25.1. The number of nitrogens with zero attached hydrogens (tertiary/aromatic N) is 4. The fraction of sp³-hybridized carbons (Fsp3) is 0.600. The summed E-state index contributed by atoms with van der Waals surface area (Å²) in [5.41, 5.74) is 0.819. The number of urea groups is 1.